The first-order valence-corrected chi connectivity index (χ1v) is 8.58. The van der Waals surface area contributed by atoms with Gasteiger partial charge in [-0.25, -0.2) is 4.98 Å². The van der Waals surface area contributed by atoms with Crippen LogP contribution in [0.5, 0.6) is 5.75 Å². The van der Waals surface area contributed by atoms with Gasteiger partial charge in [0.2, 0.25) is 5.91 Å². The number of carbonyl (C=O) groups is 1. The van der Waals surface area contributed by atoms with Gasteiger partial charge < -0.3 is 15.8 Å². The Morgan fingerprint density at radius 2 is 1.96 bits per heavy atom. The molecule has 0 unspecified atom stereocenters. The van der Waals surface area contributed by atoms with E-state index in [4.69, 9.17) is 10.5 Å². The van der Waals surface area contributed by atoms with Crippen molar-refractivity contribution in [2.45, 2.75) is 40.2 Å². The monoisotopic (exact) mass is 341 g/mol. The molecule has 25 heavy (non-hydrogen) atoms. The molecule has 0 aliphatic heterocycles. The number of ether oxygens (including phenoxy) is 1. The van der Waals surface area contributed by atoms with Crippen LogP contribution in [0.3, 0.4) is 0 Å². The van der Waals surface area contributed by atoms with Gasteiger partial charge in [0.05, 0.1) is 0 Å². The fourth-order valence-corrected chi connectivity index (χ4v) is 2.72. The zero-order valence-electron chi connectivity index (χ0n) is 15.4. The molecule has 0 aliphatic rings. The second kappa shape index (κ2) is 8.62. The maximum Gasteiger partial charge on any atom is 0.222 e. The minimum atomic E-state index is -0.137. The van der Waals surface area contributed by atoms with E-state index in [1.54, 1.807) is 6.20 Å². The number of carbonyl (C=O) groups excluding carboxylic acids is 1. The van der Waals surface area contributed by atoms with Crippen molar-refractivity contribution in [3.05, 3.63) is 42.1 Å². The summed E-state index contributed by atoms with van der Waals surface area (Å²) in [4.78, 5) is 15.3. The topological polar surface area (TPSA) is 77.2 Å². The largest absolute Gasteiger partial charge is 0.492 e. The Hall–Kier alpha value is -2.40. The van der Waals surface area contributed by atoms with Crippen molar-refractivity contribution in [2.24, 2.45) is 11.7 Å². The Bertz CT molecular complexity index is 729. The number of nitrogens with one attached hydrogen (secondary N) is 1. The molecule has 1 atom stereocenters. The number of hydrogen-bond acceptors (Lipinski definition) is 4. The van der Waals surface area contributed by atoms with Crippen molar-refractivity contribution in [1.82, 2.24) is 4.98 Å². The molecule has 1 aromatic heterocycles. The van der Waals surface area contributed by atoms with Crippen molar-refractivity contribution in [3.8, 4) is 16.9 Å². The number of anilines is 1. The van der Waals surface area contributed by atoms with E-state index in [0.29, 0.717) is 18.3 Å². The number of aromatic nitrogens is 1. The average Bonchev–Trinajstić information content (AvgIpc) is 2.52. The van der Waals surface area contributed by atoms with Gasteiger partial charge >= 0.3 is 0 Å². The van der Waals surface area contributed by atoms with Gasteiger partial charge in [-0.3, -0.25) is 4.79 Å². The van der Waals surface area contributed by atoms with Crippen LogP contribution in [0, 0.1) is 12.8 Å². The van der Waals surface area contributed by atoms with E-state index in [1.165, 1.54) is 6.92 Å². The van der Waals surface area contributed by atoms with E-state index < -0.39 is 0 Å². The molecule has 134 valence electrons. The van der Waals surface area contributed by atoms with E-state index in [1.807, 2.05) is 31.2 Å². The van der Waals surface area contributed by atoms with Crippen LogP contribution in [-0.2, 0) is 4.79 Å². The molecule has 0 spiro atoms. The quantitative estimate of drug-likeness (QED) is 0.804. The number of aryl methyl sites for hydroxylation is 1. The number of rotatable bonds is 7. The van der Waals surface area contributed by atoms with Crippen LogP contribution in [0.1, 0.15) is 32.8 Å². The van der Waals surface area contributed by atoms with Crippen molar-refractivity contribution < 1.29 is 9.53 Å². The lowest BCUT2D eigenvalue weighted by Gasteiger charge is -2.16. The number of pyridine rings is 1. The van der Waals surface area contributed by atoms with Gasteiger partial charge in [0, 0.05) is 19.2 Å². The standard InChI is InChI=1S/C20H27N3O2/c1-13(2)9-18(21)12-25-19-6-5-16(10-14(19)3)17-7-8-22-20(11-17)23-15(4)24/h5-8,10-11,13,18H,9,12,21H2,1-4H3,(H,22,23,24)/t18-/m0/s1. The van der Waals surface area contributed by atoms with E-state index in [9.17, 15) is 4.79 Å². The molecule has 2 rings (SSSR count). The fourth-order valence-electron chi connectivity index (χ4n) is 2.72. The van der Waals surface area contributed by atoms with Gasteiger partial charge in [0.25, 0.3) is 0 Å². The summed E-state index contributed by atoms with van der Waals surface area (Å²) in [6.45, 7) is 8.31. The lowest BCUT2D eigenvalue weighted by Crippen LogP contribution is -2.29. The summed E-state index contributed by atoms with van der Waals surface area (Å²) in [7, 11) is 0. The summed E-state index contributed by atoms with van der Waals surface area (Å²) in [5.74, 6) is 1.82. The molecule has 5 nitrogen and oxygen atoms in total. The molecule has 5 heteroatoms. The zero-order chi connectivity index (χ0) is 18.4. The van der Waals surface area contributed by atoms with Crippen LogP contribution < -0.4 is 15.8 Å². The maximum absolute atomic E-state index is 11.2. The van der Waals surface area contributed by atoms with Gasteiger partial charge in [0.1, 0.15) is 18.2 Å². The normalized spacial score (nSPS) is 12.1. The third kappa shape index (κ3) is 5.87. The molecular weight excluding hydrogens is 314 g/mol. The maximum atomic E-state index is 11.2. The number of hydrogen-bond donors (Lipinski definition) is 2. The first kappa shape index (κ1) is 18.9. The van der Waals surface area contributed by atoms with E-state index in [2.05, 4.69) is 30.2 Å². The van der Waals surface area contributed by atoms with Gasteiger partial charge in [-0.15, -0.1) is 0 Å². The minimum Gasteiger partial charge on any atom is -0.492 e. The highest BCUT2D eigenvalue weighted by Crippen LogP contribution is 2.27. The molecule has 3 N–H and O–H groups in total. The second-order valence-electron chi connectivity index (χ2n) is 6.79. The van der Waals surface area contributed by atoms with E-state index >= 15 is 0 Å². The van der Waals surface area contributed by atoms with Crippen molar-refractivity contribution in [3.63, 3.8) is 0 Å². The number of amides is 1. The highest BCUT2D eigenvalue weighted by atomic mass is 16.5. The summed E-state index contributed by atoms with van der Waals surface area (Å²) < 4.78 is 5.87. The fraction of sp³-hybridized carbons (Fsp3) is 0.400. The van der Waals surface area contributed by atoms with E-state index in [0.717, 1.165) is 28.9 Å². The highest BCUT2D eigenvalue weighted by molar-refractivity contribution is 5.88. The molecular formula is C20H27N3O2. The third-order valence-corrected chi connectivity index (χ3v) is 3.80. The summed E-state index contributed by atoms with van der Waals surface area (Å²) in [6, 6.07) is 9.85. The molecule has 0 fully saturated rings. The predicted octanol–water partition coefficient (Wildman–Crippen LogP) is 3.77. The smallest absolute Gasteiger partial charge is 0.222 e. The Balaban J connectivity index is 2.10. The van der Waals surface area contributed by atoms with Gasteiger partial charge in [-0.2, -0.15) is 0 Å². The first-order valence-electron chi connectivity index (χ1n) is 8.58. The van der Waals surface area contributed by atoms with Gasteiger partial charge in [-0.1, -0.05) is 19.9 Å². The molecule has 0 saturated carbocycles. The molecule has 2 aromatic rings. The number of benzene rings is 1. The summed E-state index contributed by atoms with van der Waals surface area (Å²) in [5.41, 5.74) is 9.17. The minimum absolute atomic E-state index is 0.0412. The van der Waals surface area contributed by atoms with E-state index in [-0.39, 0.29) is 11.9 Å². The zero-order valence-corrected chi connectivity index (χ0v) is 15.4. The molecule has 1 aromatic carbocycles. The van der Waals surface area contributed by atoms with Gasteiger partial charge in [0.15, 0.2) is 0 Å². The molecule has 0 radical (unpaired) electrons. The average molecular weight is 341 g/mol. The third-order valence-electron chi connectivity index (χ3n) is 3.80. The summed E-state index contributed by atoms with van der Waals surface area (Å²) in [5, 5.41) is 2.70. The predicted molar refractivity (Wildman–Crippen MR) is 102 cm³/mol. The molecule has 0 saturated heterocycles. The van der Waals surface area contributed by atoms with Crippen molar-refractivity contribution in [2.75, 3.05) is 11.9 Å². The summed E-state index contributed by atoms with van der Waals surface area (Å²) in [6.07, 6.45) is 2.63. The van der Waals surface area contributed by atoms with Crippen molar-refractivity contribution in [1.29, 1.82) is 0 Å². The lowest BCUT2D eigenvalue weighted by atomic mass is 10.0. The van der Waals surface area contributed by atoms with Crippen LogP contribution in [-0.4, -0.2) is 23.5 Å². The van der Waals surface area contributed by atoms with Crippen LogP contribution in [0.2, 0.25) is 0 Å². The van der Waals surface area contributed by atoms with Crippen LogP contribution in [0.25, 0.3) is 11.1 Å². The SMILES string of the molecule is CC(=O)Nc1cc(-c2ccc(OC[C@@H](N)CC(C)C)c(C)c2)ccn1. The lowest BCUT2D eigenvalue weighted by molar-refractivity contribution is -0.114. The second-order valence-corrected chi connectivity index (χ2v) is 6.79. The Kier molecular flexibility index (Phi) is 6.53. The molecule has 0 bridgehead atoms. The molecule has 0 aliphatic carbocycles. The van der Waals surface area contributed by atoms with Crippen molar-refractivity contribution >= 4 is 11.7 Å². The first-order chi connectivity index (χ1) is 11.8. The highest BCUT2D eigenvalue weighted by Gasteiger charge is 2.09. The Labute approximate surface area is 149 Å². The summed E-state index contributed by atoms with van der Waals surface area (Å²) >= 11 is 0. The number of nitrogens with zero attached hydrogens (tertiary/aromatic N) is 1. The van der Waals surface area contributed by atoms with Crippen LogP contribution in [0.4, 0.5) is 5.82 Å². The van der Waals surface area contributed by atoms with Crippen LogP contribution in [0.15, 0.2) is 36.5 Å². The Morgan fingerprint density at radius 1 is 1.24 bits per heavy atom. The number of nitrogens with two attached hydrogens (primary N) is 1. The van der Waals surface area contributed by atoms with Gasteiger partial charge in [-0.05, 0) is 60.2 Å². The van der Waals surface area contributed by atoms with Crippen LogP contribution >= 0.6 is 0 Å². The molecule has 1 heterocycles. The molecule has 1 amide bonds. The Morgan fingerprint density at radius 3 is 2.60 bits per heavy atom.